The summed E-state index contributed by atoms with van der Waals surface area (Å²) >= 11 is 0. The van der Waals surface area contributed by atoms with Crippen molar-refractivity contribution in [2.45, 2.75) is 28.5 Å². The monoisotopic (exact) mass is 793 g/mol. The Balaban J connectivity index is 1.30. The Morgan fingerprint density at radius 1 is 0.537 bits per heavy atom. The summed E-state index contributed by atoms with van der Waals surface area (Å²) in [4.78, 5) is -2.17. The number of phenols is 3. The molecule has 0 spiro atoms. The van der Waals surface area contributed by atoms with Gasteiger partial charge in [0.2, 0.25) is 0 Å². The maximum absolute atomic E-state index is 12.2. The second-order valence-corrected chi connectivity index (χ2v) is 16.2. The molecule has 20 heteroatoms. The van der Waals surface area contributed by atoms with Gasteiger partial charge in [0.25, 0.3) is 30.4 Å². The second-order valence-electron chi connectivity index (χ2n) is 11.9. The number of anilines is 1. The number of azo groups is 2. The highest BCUT2D eigenvalue weighted by molar-refractivity contribution is 7.86. The van der Waals surface area contributed by atoms with Crippen LogP contribution < -0.4 is 5.73 Å². The summed E-state index contributed by atoms with van der Waals surface area (Å²) < 4.78 is 100. The van der Waals surface area contributed by atoms with Gasteiger partial charge in [-0.3, -0.25) is 13.7 Å². The number of hydrogen-bond acceptors (Lipinski definition) is 14. The molecule has 0 fully saturated rings. The molecule has 0 aliphatic carbocycles. The summed E-state index contributed by atoms with van der Waals surface area (Å²) in [6, 6.07) is 17.5. The summed E-state index contributed by atoms with van der Waals surface area (Å²) in [5.74, 6) is -2.19. The summed E-state index contributed by atoms with van der Waals surface area (Å²) in [6.07, 6.45) is 0. The lowest BCUT2D eigenvalue weighted by atomic mass is 10.0. The molecule has 6 rings (SSSR count). The van der Waals surface area contributed by atoms with Gasteiger partial charge in [-0.1, -0.05) is 18.2 Å². The van der Waals surface area contributed by atoms with Gasteiger partial charge in [0.15, 0.2) is 11.5 Å². The van der Waals surface area contributed by atoms with Crippen molar-refractivity contribution in [1.82, 2.24) is 0 Å². The van der Waals surface area contributed by atoms with E-state index in [0.717, 1.165) is 29.3 Å². The van der Waals surface area contributed by atoms with Crippen LogP contribution in [0.25, 0.3) is 32.7 Å². The number of phenolic OH excluding ortho intramolecular Hbond substituents is 3. The molecule has 0 radical (unpaired) electrons. The first-order valence-electron chi connectivity index (χ1n) is 15.2. The SMILES string of the molecule is Cc1cc(-c2ccc(N=Nc3c(S(=O)(=O)O)cc4cc(S(=O)(=O)O)cc(O)c4c3O)c(C)c2)ccc1N=Nc1ccc2c(S(=O)(=O)O)ccc(N)c2c1O. The number of fused-ring (bicyclic) bond motifs is 2. The quantitative estimate of drug-likeness (QED) is 0.0445. The summed E-state index contributed by atoms with van der Waals surface area (Å²) in [7, 11) is -14.5. The molecule has 0 bridgehead atoms. The van der Waals surface area contributed by atoms with E-state index in [0.29, 0.717) is 22.9 Å². The molecule has 8 N–H and O–H groups in total. The van der Waals surface area contributed by atoms with Crippen molar-refractivity contribution in [3.63, 3.8) is 0 Å². The first kappa shape index (κ1) is 37.7. The molecular formula is C34H27N5O12S3. The third kappa shape index (κ3) is 7.16. The Bertz CT molecular complexity index is 2990. The van der Waals surface area contributed by atoms with Crippen LogP contribution in [0.1, 0.15) is 11.1 Å². The number of nitrogens with zero attached hydrogens (tertiary/aromatic N) is 4. The minimum atomic E-state index is -5.08. The highest BCUT2D eigenvalue weighted by Gasteiger charge is 2.25. The first-order chi connectivity index (χ1) is 25.1. The molecule has 0 heterocycles. The summed E-state index contributed by atoms with van der Waals surface area (Å²) in [6.45, 7) is 3.45. The summed E-state index contributed by atoms with van der Waals surface area (Å²) in [5, 5.41) is 47.7. The molecule has 0 saturated heterocycles. The Kier molecular flexibility index (Phi) is 9.38. The lowest BCUT2D eigenvalue weighted by Gasteiger charge is -2.11. The molecule has 17 nitrogen and oxygen atoms in total. The first-order valence-corrected chi connectivity index (χ1v) is 19.5. The molecular weight excluding hydrogens is 767 g/mol. The highest BCUT2D eigenvalue weighted by Crippen LogP contribution is 2.46. The van der Waals surface area contributed by atoms with Crippen LogP contribution in [0.4, 0.5) is 28.4 Å². The summed E-state index contributed by atoms with van der Waals surface area (Å²) in [5.41, 5.74) is 8.66. The number of nitrogens with two attached hydrogens (primary N) is 1. The van der Waals surface area contributed by atoms with E-state index in [9.17, 15) is 54.2 Å². The topological polar surface area (TPSA) is 299 Å². The Hall–Kier alpha value is -6.03. The molecule has 0 atom stereocenters. The van der Waals surface area contributed by atoms with E-state index in [1.807, 2.05) is 6.07 Å². The zero-order valence-corrected chi connectivity index (χ0v) is 30.2. The predicted octanol–water partition coefficient (Wildman–Crippen LogP) is 7.55. The number of aryl methyl sites for hydroxylation is 2. The third-order valence-corrected chi connectivity index (χ3v) is 10.9. The Morgan fingerprint density at radius 2 is 1.07 bits per heavy atom. The average molecular weight is 794 g/mol. The number of benzene rings is 6. The third-order valence-electron chi connectivity index (χ3n) is 8.33. The molecule has 0 saturated carbocycles. The van der Waals surface area contributed by atoms with Gasteiger partial charge in [-0.05, 0) is 96.1 Å². The van der Waals surface area contributed by atoms with E-state index in [2.05, 4.69) is 20.5 Å². The number of hydrogen-bond donors (Lipinski definition) is 7. The molecule has 0 amide bonds. The van der Waals surface area contributed by atoms with Gasteiger partial charge in [0, 0.05) is 17.1 Å². The van der Waals surface area contributed by atoms with Gasteiger partial charge in [0.05, 0.1) is 27.0 Å². The molecule has 6 aromatic rings. The van der Waals surface area contributed by atoms with Crippen molar-refractivity contribution in [3.05, 3.63) is 90.0 Å². The zero-order valence-electron chi connectivity index (χ0n) is 27.7. The van der Waals surface area contributed by atoms with Crippen molar-refractivity contribution in [3.8, 4) is 28.4 Å². The standard InChI is InChI=1S/C34H27N5O12S3/c1-16-11-18(3-7-24(16)36-38-26-9-5-22-28(53(46,47)48)10-6-23(35)31(22)33(26)41)19-4-8-25(17(2)12-19)37-39-32-29(54(49,50)51)14-20-13-21(52(43,44)45)15-27(40)30(20)34(32)42/h3-15,40-42H,35H2,1-2H3,(H,43,44,45)(H,46,47,48)(H,49,50,51). The van der Waals surface area contributed by atoms with Crippen molar-refractivity contribution in [2.75, 3.05) is 5.73 Å². The van der Waals surface area contributed by atoms with Crippen LogP contribution in [0, 0.1) is 13.8 Å². The van der Waals surface area contributed by atoms with E-state index in [1.54, 1.807) is 44.2 Å². The van der Waals surface area contributed by atoms with E-state index >= 15 is 0 Å². The lowest BCUT2D eigenvalue weighted by Crippen LogP contribution is -2.01. The Labute approximate surface area is 306 Å². The molecule has 278 valence electrons. The van der Waals surface area contributed by atoms with Crippen molar-refractivity contribution in [1.29, 1.82) is 0 Å². The minimum absolute atomic E-state index is 0.00523. The van der Waals surface area contributed by atoms with Crippen molar-refractivity contribution >= 4 is 80.3 Å². The highest BCUT2D eigenvalue weighted by atomic mass is 32.2. The molecule has 54 heavy (non-hydrogen) atoms. The van der Waals surface area contributed by atoms with Crippen LogP contribution in [-0.4, -0.2) is 54.2 Å². The van der Waals surface area contributed by atoms with Crippen LogP contribution in [0.5, 0.6) is 17.2 Å². The van der Waals surface area contributed by atoms with E-state index in [-0.39, 0.29) is 33.2 Å². The minimum Gasteiger partial charge on any atom is -0.507 e. The fraction of sp³-hybridized carbons (Fsp3) is 0.0588. The maximum Gasteiger partial charge on any atom is 0.296 e. The van der Waals surface area contributed by atoms with Crippen LogP contribution in [-0.2, 0) is 30.4 Å². The fourth-order valence-corrected chi connectivity index (χ4v) is 7.59. The molecule has 0 unspecified atom stereocenters. The van der Waals surface area contributed by atoms with E-state index < -0.39 is 73.4 Å². The average Bonchev–Trinajstić information content (AvgIpc) is 3.06. The molecule has 6 aromatic carbocycles. The normalized spacial score (nSPS) is 12.8. The fourth-order valence-electron chi connectivity index (χ4n) is 5.71. The smallest absolute Gasteiger partial charge is 0.296 e. The van der Waals surface area contributed by atoms with Crippen molar-refractivity contribution < 1.29 is 54.2 Å². The van der Waals surface area contributed by atoms with Gasteiger partial charge in [0.1, 0.15) is 26.9 Å². The largest absolute Gasteiger partial charge is 0.507 e. The number of rotatable bonds is 8. The number of aromatic hydroxyl groups is 3. The van der Waals surface area contributed by atoms with Gasteiger partial charge >= 0.3 is 0 Å². The zero-order chi connectivity index (χ0) is 39.5. The second kappa shape index (κ2) is 13.4. The van der Waals surface area contributed by atoms with Crippen molar-refractivity contribution in [2.24, 2.45) is 20.5 Å². The van der Waals surface area contributed by atoms with Crippen LogP contribution in [0.3, 0.4) is 0 Å². The van der Waals surface area contributed by atoms with E-state index in [1.165, 1.54) is 18.2 Å². The predicted molar refractivity (Wildman–Crippen MR) is 196 cm³/mol. The van der Waals surface area contributed by atoms with Gasteiger partial charge in [-0.15, -0.1) is 10.2 Å². The lowest BCUT2D eigenvalue weighted by molar-refractivity contribution is 0.457. The molecule has 0 aliphatic rings. The number of nitrogen functional groups attached to an aromatic ring is 1. The van der Waals surface area contributed by atoms with Gasteiger partial charge in [-0.2, -0.15) is 35.5 Å². The van der Waals surface area contributed by atoms with Gasteiger partial charge in [-0.25, -0.2) is 0 Å². The Morgan fingerprint density at radius 3 is 1.61 bits per heavy atom. The van der Waals surface area contributed by atoms with Crippen LogP contribution >= 0.6 is 0 Å². The van der Waals surface area contributed by atoms with Crippen LogP contribution in [0.15, 0.2) is 114 Å². The maximum atomic E-state index is 12.2. The van der Waals surface area contributed by atoms with Gasteiger partial charge < -0.3 is 21.1 Å². The molecule has 0 aliphatic heterocycles. The van der Waals surface area contributed by atoms with Crippen LogP contribution in [0.2, 0.25) is 0 Å². The molecule has 0 aromatic heterocycles. The van der Waals surface area contributed by atoms with E-state index in [4.69, 9.17) is 5.73 Å².